The largest absolute Gasteiger partial charge is 0.508 e. The first-order chi connectivity index (χ1) is 15.5. The van der Waals surface area contributed by atoms with E-state index in [1.807, 2.05) is 12.1 Å². The third-order valence-corrected chi connectivity index (χ3v) is 5.67. The Morgan fingerprint density at radius 3 is 2.53 bits per heavy atom. The van der Waals surface area contributed by atoms with E-state index < -0.39 is 5.78 Å². The molecule has 0 fully saturated rings. The number of hydrogen-bond acceptors (Lipinski definition) is 6. The summed E-state index contributed by atoms with van der Waals surface area (Å²) in [5.74, 6) is -0.463. The summed E-state index contributed by atoms with van der Waals surface area (Å²) in [6, 6.07) is 15.5. The smallest absolute Gasteiger partial charge is 0.299 e. The van der Waals surface area contributed by atoms with E-state index in [9.17, 15) is 9.90 Å². The van der Waals surface area contributed by atoms with Crippen molar-refractivity contribution in [1.29, 1.82) is 0 Å². The van der Waals surface area contributed by atoms with Crippen LogP contribution < -0.4 is 0 Å². The molecule has 1 N–H and O–H groups in total. The molecule has 32 heavy (non-hydrogen) atoms. The van der Waals surface area contributed by atoms with Crippen LogP contribution in [0, 0.1) is 0 Å². The first-order valence-electron chi connectivity index (χ1n) is 9.55. The fourth-order valence-corrected chi connectivity index (χ4v) is 3.96. The first-order valence-corrected chi connectivity index (χ1v) is 10.3. The zero-order valence-corrected chi connectivity index (χ0v) is 17.9. The van der Waals surface area contributed by atoms with Crippen molar-refractivity contribution in [2.75, 3.05) is 0 Å². The van der Waals surface area contributed by atoms with E-state index in [0.717, 1.165) is 5.56 Å². The van der Waals surface area contributed by atoms with Gasteiger partial charge in [0.1, 0.15) is 10.9 Å². The van der Waals surface area contributed by atoms with Gasteiger partial charge in [-0.25, -0.2) is 0 Å². The number of fused-ring (bicyclic) bond motifs is 1. The molecule has 2 aromatic carbocycles. The monoisotopic (exact) mass is 464 g/mol. The molecule has 0 atom stereocenters. The van der Waals surface area contributed by atoms with Crippen LogP contribution in [-0.4, -0.2) is 30.6 Å². The predicted octanol–water partition coefficient (Wildman–Crippen LogP) is 5.38. The second-order valence-electron chi connectivity index (χ2n) is 7.07. The van der Waals surface area contributed by atoms with E-state index in [1.165, 1.54) is 6.07 Å². The van der Waals surface area contributed by atoms with Crippen LogP contribution in [0.15, 0.2) is 71.5 Å². The molecule has 0 amide bonds. The summed E-state index contributed by atoms with van der Waals surface area (Å²) in [6.45, 7) is 0.399. The number of benzene rings is 2. The minimum absolute atomic E-state index is 0.00913. The number of ketones is 1. The summed E-state index contributed by atoms with van der Waals surface area (Å²) in [4.78, 5) is 21.5. The maximum atomic E-state index is 13.3. The molecule has 3 heterocycles. The molecule has 3 aromatic heterocycles. The number of carbonyl (C=O) groups excluding carboxylic acids is 1. The molecule has 5 rings (SSSR count). The Morgan fingerprint density at radius 2 is 1.78 bits per heavy atom. The van der Waals surface area contributed by atoms with Gasteiger partial charge in [0, 0.05) is 34.9 Å². The lowest BCUT2D eigenvalue weighted by Gasteiger charge is -2.08. The number of nitrogens with zero attached hydrogens (tertiary/aromatic N) is 4. The summed E-state index contributed by atoms with van der Waals surface area (Å²) in [5.41, 5.74) is 2.46. The van der Waals surface area contributed by atoms with Crippen LogP contribution in [0.25, 0.3) is 22.3 Å². The van der Waals surface area contributed by atoms with Crippen molar-refractivity contribution in [2.45, 2.75) is 6.54 Å². The zero-order chi connectivity index (χ0) is 22.2. The van der Waals surface area contributed by atoms with Crippen LogP contribution >= 0.6 is 23.2 Å². The minimum atomic E-state index is -0.534. The number of phenols is 1. The highest BCUT2D eigenvalue weighted by Crippen LogP contribution is 2.35. The number of phenolic OH excluding ortho intramolecular Hbond substituents is 1. The van der Waals surface area contributed by atoms with Gasteiger partial charge in [0.15, 0.2) is 0 Å². The molecule has 5 aromatic rings. The Labute approximate surface area is 191 Å². The lowest BCUT2D eigenvalue weighted by molar-refractivity contribution is 0.0995. The molecule has 0 saturated carbocycles. The van der Waals surface area contributed by atoms with Crippen molar-refractivity contribution in [3.8, 4) is 17.1 Å². The fourth-order valence-electron chi connectivity index (χ4n) is 3.50. The summed E-state index contributed by atoms with van der Waals surface area (Å²) in [5, 5.41) is 15.3. The van der Waals surface area contributed by atoms with Gasteiger partial charge >= 0.3 is 0 Å². The Hall–Kier alpha value is -3.68. The van der Waals surface area contributed by atoms with Gasteiger partial charge in [-0.1, -0.05) is 40.5 Å². The average molecular weight is 465 g/mol. The van der Waals surface area contributed by atoms with Crippen molar-refractivity contribution in [1.82, 2.24) is 19.7 Å². The van der Waals surface area contributed by atoms with Crippen molar-refractivity contribution in [3.05, 3.63) is 94.2 Å². The molecule has 0 aliphatic rings. The van der Waals surface area contributed by atoms with E-state index in [2.05, 4.69) is 15.1 Å². The Bertz CT molecular complexity index is 1440. The van der Waals surface area contributed by atoms with E-state index in [1.54, 1.807) is 53.4 Å². The number of pyridine rings is 1. The van der Waals surface area contributed by atoms with Gasteiger partial charge in [0.2, 0.25) is 5.82 Å². The van der Waals surface area contributed by atoms with Crippen molar-refractivity contribution < 1.29 is 14.4 Å². The molecule has 7 nitrogen and oxygen atoms in total. The molecule has 9 heteroatoms. The summed E-state index contributed by atoms with van der Waals surface area (Å²) in [7, 11) is 0. The van der Waals surface area contributed by atoms with E-state index in [4.69, 9.17) is 27.7 Å². The summed E-state index contributed by atoms with van der Waals surface area (Å²) >= 11 is 12.7. The van der Waals surface area contributed by atoms with Gasteiger partial charge in [0.25, 0.3) is 11.7 Å². The lowest BCUT2D eigenvalue weighted by Crippen LogP contribution is -2.04. The van der Waals surface area contributed by atoms with Gasteiger partial charge in [-0.15, -0.1) is 0 Å². The van der Waals surface area contributed by atoms with Crippen molar-refractivity contribution in [3.63, 3.8) is 0 Å². The number of aromatic hydroxyl groups is 1. The first kappa shape index (κ1) is 20.2. The molecular weight excluding hydrogens is 451 g/mol. The van der Waals surface area contributed by atoms with E-state index in [-0.39, 0.29) is 28.2 Å². The molecule has 0 aliphatic carbocycles. The van der Waals surface area contributed by atoms with E-state index in [0.29, 0.717) is 28.0 Å². The Balaban J connectivity index is 1.60. The predicted molar refractivity (Wildman–Crippen MR) is 120 cm³/mol. The minimum Gasteiger partial charge on any atom is -0.508 e. The lowest BCUT2D eigenvalue weighted by atomic mass is 10.1. The number of halogens is 2. The molecule has 0 aliphatic heterocycles. The second-order valence-corrected chi connectivity index (χ2v) is 7.86. The highest BCUT2D eigenvalue weighted by molar-refractivity contribution is 6.36. The van der Waals surface area contributed by atoms with Gasteiger partial charge in [-0.2, -0.15) is 4.98 Å². The van der Waals surface area contributed by atoms with Crippen LogP contribution in [0.4, 0.5) is 0 Å². The maximum absolute atomic E-state index is 13.3. The standard InChI is InChI=1S/C23H14Cl2N4O3/c24-15-3-1-13(2-4-15)12-29-18-6-5-16(30)11-17(18)19(21(29)25)20(31)23-27-22(28-32-23)14-7-9-26-10-8-14/h1-11,30H,12H2. The van der Waals surface area contributed by atoms with Crippen LogP contribution in [0.1, 0.15) is 21.8 Å². The van der Waals surface area contributed by atoms with Gasteiger partial charge < -0.3 is 14.2 Å². The van der Waals surface area contributed by atoms with E-state index >= 15 is 0 Å². The molecule has 158 valence electrons. The number of carbonyl (C=O) groups is 1. The molecule has 0 unspecified atom stereocenters. The Morgan fingerprint density at radius 1 is 1.03 bits per heavy atom. The van der Waals surface area contributed by atoms with Gasteiger partial charge in [-0.3, -0.25) is 9.78 Å². The molecule has 0 spiro atoms. The second kappa shape index (κ2) is 8.11. The number of aromatic nitrogens is 4. The Kier molecular flexibility index (Phi) is 5.13. The van der Waals surface area contributed by atoms with Crippen LogP contribution in [0.2, 0.25) is 10.2 Å². The fraction of sp³-hybridized carbons (Fsp3) is 0.0435. The molecule has 0 radical (unpaired) electrons. The molecular formula is C23H14Cl2N4O3. The highest BCUT2D eigenvalue weighted by atomic mass is 35.5. The van der Waals surface area contributed by atoms with Crippen molar-refractivity contribution in [2.24, 2.45) is 0 Å². The van der Waals surface area contributed by atoms with Gasteiger partial charge in [-0.05, 0) is 48.0 Å². The highest BCUT2D eigenvalue weighted by Gasteiger charge is 2.27. The maximum Gasteiger partial charge on any atom is 0.299 e. The number of hydrogen-bond donors (Lipinski definition) is 1. The average Bonchev–Trinajstić information content (AvgIpc) is 3.39. The quantitative estimate of drug-likeness (QED) is 0.351. The van der Waals surface area contributed by atoms with Crippen LogP contribution in [-0.2, 0) is 6.54 Å². The third-order valence-electron chi connectivity index (χ3n) is 5.02. The number of rotatable bonds is 5. The normalized spacial score (nSPS) is 11.2. The van der Waals surface area contributed by atoms with Crippen LogP contribution in [0.5, 0.6) is 5.75 Å². The summed E-state index contributed by atoms with van der Waals surface area (Å²) in [6.07, 6.45) is 3.19. The summed E-state index contributed by atoms with van der Waals surface area (Å²) < 4.78 is 7.02. The molecule has 0 bridgehead atoms. The van der Waals surface area contributed by atoms with Crippen molar-refractivity contribution >= 4 is 39.9 Å². The van der Waals surface area contributed by atoms with Gasteiger partial charge in [0.05, 0.1) is 11.1 Å². The topological polar surface area (TPSA) is 94.0 Å². The molecule has 0 saturated heterocycles. The third kappa shape index (κ3) is 3.62. The SMILES string of the molecule is O=C(c1nc(-c2ccncc2)no1)c1c(Cl)n(Cc2ccc(Cl)cc2)c2ccc(O)cc12. The van der Waals surface area contributed by atoms with Crippen LogP contribution in [0.3, 0.4) is 0 Å². The zero-order valence-electron chi connectivity index (χ0n) is 16.4.